The highest BCUT2D eigenvalue weighted by Crippen LogP contribution is 2.45. The van der Waals surface area contributed by atoms with Crippen LogP contribution in [0.25, 0.3) is 21.7 Å². The predicted molar refractivity (Wildman–Crippen MR) is 183 cm³/mol. The van der Waals surface area contributed by atoms with E-state index in [1.165, 1.54) is 35.1 Å². The van der Waals surface area contributed by atoms with Gasteiger partial charge in [0.25, 0.3) is 5.91 Å². The van der Waals surface area contributed by atoms with E-state index < -0.39 is 23.5 Å². The second kappa shape index (κ2) is 12.8. The van der Waals surface area contributed by atoms with Gasteiger partial charge in [0.2, 0.25) is 10.9 Å². The Morgan fingerprint density at radius 2 is 1.81 bits per heavy atom. The van der Waals surface area contributed by atoms with E-state index in [1.807, 2.05) is 18.2 Å². The summed E-state index contributed by atoms with van der Waals surface area (Å²) in [6.45, 7) is 3.99. The minimum atomic E-state index is -1.01. The summed E-state index contributed by atoms with van der Waals surface area (Å²) in [4.78, 5) is 29.2. The first-order valence-electron chi connectivity index (χ1n) is 14.6. The van der Waals surface area contributed by atoms with Gasteiger partial charge in [-0.15, -0.1) is 10.2 Å². The van der Waals surface area contributed by atoms with Crippen molar-refractivity contribution in [3.05, 3.63) is 132 Å². The molecule has 234 valence electrons. The van der Waals surface area contributed by atoms with Gasteiger partial charge in [0.15, 0.2) is 27.2 Å². The Labute approximate surface area is 277 Å². The number of rotatable bonds is 11. The number of hydrogen-bond donors (Lipinski definition) is 1. The molecule has 1 aliphatic heterocycles. The average molecular weight is 662 g/mol. The van der Waals surface area contributed by atoms with Crippen molar-refractivity contribution in [2.75, 3.05) is 18.6 Å². The largest absolute Gasteiger partial charge is 0.503 e. The van der Waals surface area contributed by atoms with Crippen molar-refractivity contribution in [3.8, 4) is 11.5 Å². The van der Waals surface area contributed by atoms with Crippen LogP contribution in [-0.4, -0.2) is 40.7 Å². The first kappa shape index (κ1) is 30.3. The highest BCUT2D eigenvalue weighted by molar-refractivity contribution is 8.00. The number of Topliss-reactive ketones (excluding diaryl/α,β-unsaturated/α-hetero) is 1. The van der Waals surface area contributed by atoms with Crippen LogP contribution in [0.3, 0.4) is 0 Å². The Morgan fingerprint density at radius 1 is 1.04 bits per heavy atom. The van der Waals surface area contributed by atoms with E-state index in [-0.39, 0.29) is 16.5 Å². The molecule has 2 aromatic heterocycles. The summed E-state index contributed by atoms with van der Waals surface area (Å²) in [5, 5.41) is 23.2. The number of para-hydroxylation sites is 1. The average Bonchev–Trinajstić information content (AvgIpc) is 3.82. The molecule has 1 amide bonds. The molecule has 1 N–H and O–H groups in total. The molecule has 7 rings (SSSR count). The van der Waals surface area contributed by atoms with Gasteiger partial charge >= 0.3 is 0 Å². The highest BCUT2D eigenvalue weighted by atomic mass is 32.2. The van der Waals surface area contributed by atoms with Crippen molar-refractivity contribution in [1.82, 2.24) is 10.2 Å². The number of carbonyl (C=O) groups is 2. The number of carbonyl (C=O) groups excluding carboxylic acids is 2. The number of aliphatic hydroxyl groups is 1. The lowest BCUT2D eigenvalue weighted by molar-refractivity contribution is -0.117. The SMILES string of the molecule is C=CCOc1ccc(C2C(C(=O)c3cc4cccc(OC)c4o3)=C(O)C(=O)N2c2nnc(SCc3cccc4ccccc34)s2)cc1. The van der Waals surface area contributed by atoms with Gasteiger partial charge in [-0.2, -0.15) is 0 Å². The van der Waals surface area contributed by atoms with Gasteiger partial charge in [-0.25, -0.2) is 0 Å². The van der Waals surface area contributed by atoms with Crippen LogP contribution in [0, 0.1) is 0 Å². The molecule has 11 heteroatoms. The molecule has 0 radical (unpaired) electrons. The Balaban J connectivity index is 1.23. The zero-order valence-corrected chi connectivity index (χ0v) is 26.7. The van der Waals surface area contributed by atoms with Gasteiger partial charge in [0.05, 0.1) is 18.7 Å². The summed E-state index contributed by atoms with van der Waals surface area (Å²) in [7, 11) is 1.51. The smallest absolute Gasteiger partial charge is 0.296 e. The molecule has 0 fully saturated rings. The fraction of sp³-hybridized carbons (Fsp3) is 0.111. The van der Waals surface area contributed by atoms with E-state index in [4.69, 9.17) is 13.9 Å². The topological polar surface area (TPSA) is 115 Å². The summed E-state index contributed by atoms with van der Waals surface area (Å²) >= 11 is 2.71. The number of benzene rings is 4. The van der Waals surface area contributed by atoms with Crippen molar-refractivity contribution in [2.45, 2.75) is 16.1 Å². The summed E-state index contributed by atoms with van der Waals surface area (Å²) in [6, 6.07) is 27.2. The molecule has 1 aliphatic rings. The number of aromatic nitrogens is 2. The number of nitrogens with zero attached hydrogens (tertiary/aromatic N) is 3. The molecule has 47 heavy (non-hydrogen) atoms. The molecule has 0 saturated carbocycles. The van der Waals surface area contributed by atoms with E-state index in [0.29, 0.717) is 44.7 Å². The maximum absolute atomic E-state index is 14.1. The molecule has 0 bridgehead atoms. The summed E-state index contributed by atoms with van der Waals surface area (Å²) in [5.74, 6) is -0.442. The van der Waals surface area contributed by atoms with Crippen LogP contribution in [0.15, 0.2) is 124 Å². The number of anilines is 1. The Morgan fingerprint density at radius 3 is 2.62 bits per heavy atom. The van der Waals surface area contributed by atoms with Gasteiger partial charge < -0.3 is 19.0 Å². The lowest BCUT2D eigenvalue weighted by Crippen LogP contribution is -2.31. The standard InChI is InChI=1S/C36H27N3O6S2/c1-3-18-44-25-16-14-22(15-17-25)30-29(31(40)28-19-23-10-7-13-27(43-2)33(23)45-28)32(41)34(42)39(30)35-37-38-36(47-35)46-20-24-11-6-9-21-8-4-5-12-26(21)24/h3-17,19,30,41H,1,18,20H2,2H3. The van der Waals surface area contributed by atoms with Crippen LogP contribution in [-0.2, 0) is 10.5 Å². The molecule has 3 heterocycles. The van der Waals surface area contributed by atoms with E-state index in [9.17, 15) is 14.7 Å². The molecule has 4 aromatic carbocycles. The monoisotopic (exact) mass is 661 g/mol. The third kappa shape index (κ3) is 5.64. The molecule has 6 aromatic rings. The maximum Gasteiger partial charge on any atom is 0.296 e. The van der Waals surface area contributed by atoms with Gasteiger partial charge in [0.1, 0.15) is 12.4 Å². The molecule has 0 aliphatic carbocycles. The third-order valence-corrected chi connectivity index (χ3v) is 9.91. The van der Waals surface area contributed by atoms with Crippen LogP contribution >= 0.6 is 23.1 Å². The highest BCUT2D eigenvalue weighted by Gasteiger charge is 2.47. The van der Waals surface area contributed by atoms with Crippen LogP contribution < -0.4 is 14.4 Å². The molecule has 1 atom stereocenters. The maximum atomic E-state index is 14.1. The molecular weight excluding hydrogens is 635 g/mol. The summed E-state index contributed by atoms with van der Waals surface area (Å²) in [6.07, 6.45) is 1.64. The van der Waals surface area contributed by atoms with Gasteiger partial charge in [-0.3, -0.25) is 14.5 Å². The van der Waals surface area contributed by atoms with Crippen molar-refractivity contribution < 1.29 is 28.6 Å². The number of furan rings is 1. The lowest BCUT2D eigenvalue weighted by Gasteiger charge is -2.24. The number of thioether (sulfide) groups is 1. The van der Waals surface area contributed by atoms with Crippen LogP contribution in [0.1, 0.15) is 27.7 Å². The minimum absolute atomic E-state index is 0.0415. The fourth-order valence-electron chi connectivity index (χ4n) is 5.61. The van der Waals surface area contributed by atoms with E-state index in [0.717, 1.165) is 16.3 Å². The summed E-state index contributed by atoms with van der Waals surface area (Å²) in [5.41, 5.74) is 1.96. The quantitative estimate of drug-likeness (QED) is 0.0637. The minimum Gasteiger partial charge on any atom is -0.503 e. The van der Waals surface area contributed by atoms with Crippen molar-refractivity contribution in [2.24, 2.45) is 0 Å². The number of fused-ring (bicyclic) bond motifs is 2. The normalized spacial score (nSPS) is 14.7. The van der Waals surface area contributed by atoms with Gasteiger partial charge in [0, 0.05) is 11.1 Å². The van der Waals surface area contributed by atoms with Crippen molar-refractivity contribution >= 4 is 61.7 Å². The predicted octanol–water partition coefficient (Wildman–Crippen LogP) is 8.09. The van der Waals surface area contributed by atoms with Crippen LogP contribution in [0.2, 0.25) is 0 Å². The zero-order chi connectivity index (χ0) is 32.5. The number of hydrogen-bond acceptors (Lipinski definition) is 10. The number of methoxy groups -OCH3 is 1. The van der Waals surface area contributed by atoms with E-state index in [2.05, 4.69) is 41.0 Å². The zero-order valence-electron chi connectivity index (χ0n) is 25.1. The fourth-order valence-corrected chi connectivity index (χ4v) is 7.48. The molecular formula is C36H27N3O6S2. The Bertz CT molecular complexity index is 2180. The molecule has 0 saturated heterocycles. The number of ether oxygens (including phenoxy) is 2. The van der Waals surface area contributed by atoms with Gasteiger partial charge in [-0.05, 0) is 46.2 Å². The third-order valence-electron chi connectivity index (χ3n) is 7.80. The first-order chi connectivity index (χ1) is 23.0. The summed E-state index contributed by atoms with van der Waals surface area (Å²) < 4.78 is 17.6. The molecule has 1 unspecified atom stereocenters. The second-order valence-corrected chi connectivity index (χ2v) is 12.8. The van der Waals surface area contributed by atoms with Gasteiger partial charge in [-0.1, -0.05) is 102 Å². The Kier molecular flexibility index (Phi) is 8.23. The van der Waals surface area contributed by atoms with Crippen molar-refractivity contribution in [3.63, 3.8) is 0 Å². The second-order valence-electron chi connectivity index (χ2n) is 10.6. The van der Waals surface area contributed by atoms with Crippen LogP contribution in [0.4, 0.5) is 5.13 Å². The van der Waals surface area contributed by atoms with Crippen molar-refractivity contribution in [1.29, 1.82) is 0 Å². The number of amides is 1. The Hall–Kier alpha value is -5.39. The molecule has 9 nitrogen and oxygen atoms in total. The van der Waals surface area contributed by atoms with Crippen LogP contribution in [0.5, 0.6) is 11.5 Å². The van der Waals surface area contributed by atoms with E-state index in [1.54, 1.807) is 54.6 Å². The first-order valence-corrected chi connectivity index (χ1v) is 16.4. The number of ketones is 1. The van der Waals surface area contributed by atoms with E-state index >= 15 is 0 Å². The molecule has 0 spiro atoms. The lowest BCUT2D eigenvalue weighted by atomic mass is 9.95. The number of aliphatic hydroxyl groups excluding tert-OH is 1.